The second-order valence-electron chi connectivity index (χ2n) is 7.97. The van der Waals surface area contributed by atoms with Crippen molar-refractivity contribution in [2.75, 3.05) is 6.54 Å². The maximum absolute atomic E-state index is 13.2. The van der Waals surface area contributed by atoms with Crippen molar-refractivity contribution in [3.63, 3.8) is 0 Å². The molecule has 0 spiro atoms. The molecule has 4 aliphatic carbocycles. The highest BCUT2D eigenvalue weighted by Gasteiger charge is 2.59. The van der Waals surface area contributed by atoms with Crippen LogP contribution in [0, 0.1) is 23.2 Å². The molecule has 0 unspecified atom stereocenters. The van der Waals surface area contributed by atoms with Crippen LogP contribution in [-0.2, 0) is 14.3 Å². The first-order valence-electron chi connectivity index (χ1n) is 8.14. The van der Waals surface area contributed by atoms with Gasteiger partial charge < -0.3 is 9.64 Å². The molecule has 108 valence electrons. The molecule has 20 heavy (non-hydrogen) atoms. The Bertz CT molecular complexity index is 465. The molecule has 4 saturated carbocycles. The van der Waals surface area contributed by atoms with Gasteiger partial charge in [-0.1, -0.05) is 0 Å². The van der Waals surface area contributed by atoms with E-state index < -0.39 is 0 Å². The average Bonchev–Trinajstić information content (AvgIpc) is 2.95. The second-order valence-corrected chi connectivity index (χ2v) is 7.97. The molecule has 2 aliphatic heterocycles. The Balaban J connectivity index is 1.45. The van der Waals surface area contributed by atoms with Crippen molar-refractivity contribution in [3.8, 4) is 0 Å². The maximum atomic E-state index is 13.2. The number of nitrogens with zero attached hydrogens (tertiary/aromatic N) is 1. The minimum absolute atomic E-state index is 0.0228. The van der Waals surface area contributed by atoms with Gasteiger partial charge in [-0.15, -0.1) is 0 Å². The van der Waals surface area contributed by atoms with Gasteiger partial charge in [0, 0.05) is 6.42 Å². The number of hydrogen-bond donors (Lipinski definition) is 0. The van der Waals surface area contributed by atoms with Gasteiger partial charge in [-0.3, -0.25) is 4.79 Å². The minimum atomic E-state index is -0.263. The lowest BCUT2D eigenvalue weighted by molar-refractivity contribution is -0.169. The summed E-state index contributed by atoms with van der Waals surface area (Å²) in [5.74, 6) is 2.45. The molecule has 2 heterocycles. The lowest BCUT2D eigenvalue weighted by atomic mass is 9.49. The van der Waals surface area contributed by atoms with Gasteiger partial charge in [0.15, 0.2) is 0 Å². The van der Waals surface area contributed by atoms with E-state index in [0.29, 0.717) is 12.5 Å². The highest BCUT2D eigenvalue weighted by Crippen LogP contribution is 2.61. The molecule has 0 aromatic rings. The lowest BCUT2D eigenvalue weighted by Crippen LogP contribution is -2.57. The predicted molar refractivity (Wildman–Crippen MR) is 70.6 cm³/mol. The zero-order valence-electron chi connectivity index (χ0n) is 11.7. The summed E-state index contributed by atoms with van der Waals surface area (Å²) in [6, 6.07) is -0.263. The second kappa shape index (κ2) is 3.58. The zero-order chi connectivity index (χ0) is 13.5. The smallest absolute Gasteiger partial charge is 0.329 e. The van der Waals surface area contributed by atoms with E-state index in [1.54, 1.807) is 0 Å². The van der Waals surface area contributed by atoms with Gasteiger partial charge in [0.05, 0.1) is 12.0 Å². The fourth-order valence-corrected chi connectivity index (χ4v) is 6.25. The Morgan fingerprint density at radius 3 is 2.15 bits per heavy atom. The van der Waals surface area contributed by atoms with Gasteiger partial charge in [-0.05, 0) is 56.3 Å². The van der Waals surface area contributed by atoms with E-state index in [4.69, 9.17) is 4.74 Å². The van der Waals surface area contributed by atoms with Crippen molar-refractivity contribution in [2.45, 2.75) is 57.1 Å². The Labute approximate surface area is 118 Å². The summed E-state index contributed by atoms with van der Waals surface area (Å²) in [7, 11) is 0. The summed E-state index contributed by atoms with van der Waals surface area (Å²) >= 11 is 0. The predicted octanol–water partition coefficient (Wildman–Crippen LogP) is 1.73. The average molecular weight is 275 g/mol. The van der Waals surface area contributed by atoms with Crippen LogP contribution in [-0.4, -0.2) is 35.5 Å². The third-order valence-electron chi connectivity index (χ3n) is 6.57. The van der Waals surface area contributed by atoms with E-state index in [9.17, 15) is 9.59 Å². The van der Waals surface area contributed by atoms with Gasteiger partial charge in [-0.25, -0.2) is 4.79 Å². The first-order chi connectivity index (χ1) is 9.63. The van der Waals surface area contributed by atoms with E-state index in [2.05, 4.69) is 0 Å². The van der Waals surface area contributed by atoms with Crippen molar-refractivity contribution in [1.29, 1.82) is 0 Å². The molecule has 4 heteroatoms. The van der Waals surface area contributed by atoms with Crippen molar-refractivity contribution in [3.05, 3.63) is 0 Å². The number of carbonyl (C=O) groups is 2. The highest BCUT2D eigenvalue weighted by molar-refractivity contribution is 5.90. The third-order valence-corrected chi connectivity index (χ3v) is 6.57. The van der Waals surface area contributed by atoms with E-state index in [1.165, 1.54) is 19.3 Å². The number of morpholine rings is 1. The number of ether oxygens (including phenoxy) is 1. The SMILES string of the molecule is O=C1O[C@H]2C[C@@H]1N(C(=O)C13CC4CC(CC(C4)C1)C3)C2. The molecule has 2 atom stereocenters. The molecule has 6 fully saturated rings. The van der Waals surface area contributed by atoms with E-state index in [-0.39, 0.29) is 23.5 Å². The molecule has 2 saturated heterocycles. The largest absolute Gasteiger partial charge is 0.459 e. The Morgan fingerprint density at radius 2 is 1.65 bits per heavy atom. The topological polar surface area (TPSA) is 46.6 Å². The number of carbonyl (C=O) groups excluding carboxylic acids is 2. The van der Waals surface area contributed by atoms with E-state index in [0.717, 1.165) is 43.4 Å². The molecule has 0 N–H and O–H groups in total. The van der Waals surface area contributed by atoms with E-state index >= 15 is 0 Å². The Morgan fingerprint density at radius 1 is 1.05 bits per heavy atom. The molecule has 6 rings (SSSR count). The summed E-state index contributed by atoms with van der Waals surface area (Å²) in [4.78, 5) is 26.8. The van der Waals surface area contributed by atoms with Gasteiger partial charge in [-0.2, -0.15) is 0 Å². The number of fused-ring (bicyclic) bond motifs is 2. The highest BCUT2D eigenvalue weighted by atomic mass is 16.6. The van der Waals surface area contributed by atoms with Crippen LogP contribution in [0.5, 0.6) is 0 Å². The van der Waals surface area contributed by atoms with Crippen LogP contribution in [0.4, 0.5) is 0 Å². The fourth-order valence-electron chi connectivity index (χ4n) is 6.25. The van der Waals surface area contributed by atoms with Crippen LogP contribution >= 0.6 is 0 Å². The number of rotatable bonds is 1. The Hall–Kier alpha value is -1.06. The van der Waals surface area contributed by atoms with Crippen molar-refractivity contribution < 1.29 is 14.3 Å². The Kier molecular flexibility index (Phi) is 2.07. The molecule has 0 radical (unpaired) electrons. The first-order valence-corrected chi connectivity index (χ1v) is 8.14. The molecule has 1 amide bonds. The molecular weight excluding hydrogens is 254 g/mol. The molecule has 4 nitrogen and oxygen atoms in total. The van der Waals surface area contributed by atoms with Gasteiger partial charge in [0.2, 0.25) is 5.91 Å². The van der Waals surface area contributed by atoms with Crippen LogP contribution in [0.3, 0.4) is 0 Å². The van der Waals surface area contributed by atoms with Crippen LogP contribution < -0.4 is 0 Å². The molecule has 6 bridgehead atoms. The van der Waals surface area contributed by atoms with Gasteiger partial charge in [0.1, 0.15) is 12.1 Å². The molecule has 0 aromatic carbocycles. The van der Waals surface area contributed by atoms with Crippen LogP contribution in [0.25, 0.3) is 0 Å². The maximum Gasteiger partial charge on any atom is 0.329 e. The summed E-state index contributed by atoms with van der Waals surface area (Å²) in [5, 5.41) is 0. The van der Waals surface area contributed by atoms with Crippen LogP contribution in [0.1, 0.15) is 44.9 Å². The summed E-state index contributed by atoms with van der Waals surface area (Å²) in [6.45, 7) is 0.650. The summed E-state index contributed by atoms with van der Waals surface area (Å²) in [6.07, 6.45) is 8.01. The molecular formula is C16H21NO3. The van der Waals surface area contributed by atoms with Gasteiger partial charge in [0.25, 0.3) is 0 Å². The summed E-state index contributed by atoms with van der Waals surface area (Å²) in [5.41, 5.74) is -0.112. The third kappa shape index (κ3) is 1.38. The van der Waals surface area contributed by atoms with Crippen molar-refractivity contribution in [1.82, 2.24) is 4.90 Å². The van der Waals surface area contributed by atoms with E-state index in [1.807, 2.05) is 4.90 Å². The molecule has 6 aliphatic rings. The standard InChI is InChI=1S/C16H21NO3/c18-14-13-4-12(20-14)8-17(13)15(19)16-5-9-1-10(6-16)3-11(2-9)7-16/h9-13H,1-8H2/t9?,10?,11?,12-,13-,16?/m0/s1. The number of esters is 1. The van der Waals surface area contributed by atoms with Crippen molar-refractivity contribution in [2.24, 2.45) is 23.2 Å². The number of hydrogen-bond acceptors (Lipinski definition) is 3. The summed E-state index contributed by atoms with van der Waals surface area (Å²) < 4.78 is 5.23. The normalized spacial score (nSPS) is 51.7. The van der Waals surface area contributed by atoms with Crippen LogP contribution in [0.15, 0.2) is 0 Å². The molecule has 0 aromatic heterocycles. The van der Waals surface area contributed by atoms with Gasteiger partial charge >= 0.3 is 5.97 Å². The number of likely N-dealkylation sites (tertiary alicyclic amines) is 1. The van der Waals surface area contributed by atoms with Crippen molar-refractivity contribution >= 4 is 11.9 Å². The number of amides is 1. The quantitative estimate of drug-likeness (QED) is 0.685. The zero-order valence-corrected chi connectivity index (χ0v) is 11.7. The monoisotopic (exact) mass is 275 g/mol. The minimum Gasteiger partial charge on any atom is -0.459 e. The fraction of sp³-hybridized carbons (Fsp3) is 0.875. The lowest BCUT2D eigenvalue weighted by Gasteiger charge is -2.56. The first kappa shape index (κ1) is 11.6. The van der Waals surface area contributed by atoms with Crippen LogP contribution in [0.2, 0.25) is 0 Å².